The van der Waals surface area contributed by atoms with Crippen LogP contribution in [0.25, 0.3) is 0 Å². The average molecular weight is 368 g/mol. The van der Waals surface area contributed by atoms with Gasteiger partial charge in [-0.15, -0.1) is 0 Å². The van der Waals surface area contributed by atoms with Crippen LogP contribution in [0.5, 0.6) is 0 Å². The number of nitrogens with one attached hydrogen (secondary N) is 1. The van der Waals surface area contributed by atoms with Crippen molar-refractivity contribution in [2.75, 3.05) is 11.9 Å². The number of carbonyl (C=O) groups excluding carboxylic acids is 2. The molecule has 1 unspecified atom stereocenters. The number of anilines is 1. The lowest BCUT2D eigenvalue weighted by atomic mass is 10.0. The molecule has 2 aromatic rings. The highest BCUT2D eigenvalue weighted by Crippen LogP contribution is 2.18. The highest BCUT2D eigenvalue weighted by atomic mass is 16.4. The molecule has 6 nitrogen and oxygen atoms in total. The van der Waals surface area contributed by atoms with Crippen LogP contribution in [0.4, 0.5) is 5.69 Å². The predicted molar refractivity (Wildman–Crippen MR) is 103 cm³/mol. The first-order valence-corrected chi connectivity index (χ1v) is 8.79. The van der Waals surface area contributed by atoms with Crippen LogP contribution in [0.3, 0.4) is 0 Å². The molecule has 2 amide bonds. The maximum atomic E-state index is 12.2. The fourth-order valence-electron chi connectivity index (χ4n) is 2.61. The lowest BCUT2D eigenvalue weighted by molar-refractivity contribution is -0.138. The highest BCUT2D eigenvalue weighted by molar-refractivity contribution is 5.91. The summed E-state index contributed by atoms with van der Waals surface area (Å²) in [5, 5.41) is 11.8. The molecular weight excluding hydrogens is 344 g/mol. The first kappa shape index (κ1) is 20.2. The maximum absolute atomic E-state index is 12.2. The number of benzene rings is 2. The van der Waals surface area contributed by atoms with Crippen LogP contribution in [0.2, 0.25) is 0 Å². The van der Waals surface area contributed by atoms with E-state index in [0.717, 1.165) is 5.56 Å². The van der Waals surface area contributed by atoms with E-state index >= 15 is 0 Å². The summed E-state index contributed by atoms with van der Waals surface area (Å²) < 4.78 is 0. The first-order valence-electron chi connectivity index (χ1n) is 8.79. The molecule has 0 bridgehead atoms. The Balaban J connectivity index is 1.88. The Morgan fingerprint density at radius 1 is 1.04 bits per heavy atom. The third-order valence-corrected chi connectivity index (χ3v) is 4.34. The summed E-state index contributed by atoms with van der Waals surface area (Å²) in [6.07, 6.45) is 0.180. The van der Waals surface area contributed by atoms with Crippen molar-refractivity contribution in [3.8, 4) is 0 Å². The summed E-state index contributed by atoms with van der Waals surface area (Å²) in [4.78, 5) is 36.6. The Morgan fingerprint density at radius 2 is 1.67 bits per heavy atom. The number of hydrogen-bond donors (Lipinski definition) is 2. The summed E-state index contributed by atoms with van der Waals surface area (Å²) in [6, 6.07) is 16.4. The van der Waals surface area contributed by atoms with E-state index in [1.807, 2.05) is 30.3 Å². The van der Waals surface area contributed by atoms with Gasteiger partial charge < -0.3 is 15.3 Å². The van der Waals surface area contributed by atoms with E-state index in [2.05, 4.69) is 5.32 Å². The number of aliphatic carboxylic acids is 1. The average Bonchev–Trinajstić information content (AvgIpc) is 2.65. The van der Waals surface area contributed by atoms with Crippen LogP contribution in [-0.4, -0.2) is 34.3 Å². The number of carbonyl (C=O) groups is 3. The van der Waals surface area contributed by atoms with Gasteiger partial charge in [0.2, 0.25) is 11.8 Å². The molecule has 0 heterocycles. The summed E-state index contributed by atoms with van der Waals surface area (Å²) >= 11 is 0. The molecule has 0 radical (unpaired) electrons. The van der Waals surface area contributed by atoms with Crippen LogP contribution in [-0.2, 0) is 20.9 Å². The molecule has 1 atom stereocenters. The van der Waals surface area contributed by atoms with Gasteiger partial charge >= 0.3 is 5.97 Å². The van der Waals surface area contributed by atoms with E-state index in [4.69, 9.17) is 5.11 Å². The van der Waals surface area contributed by atoms with Crippen LogP contribution in [0, 0.1) is 0 Å². The minimum absolute atomic E-state index is 0.0846. The molecule has 0 saturated heterocycles. The molecule has 0 saturated carbocycles. The van der Waals surface area contributed by atoms with E-state index in [-0.39, 0.29) is 18.2 Å². The van der Waals surface area contributed by atoms with Gasteiger partial charge in [-0.2, -0.15) is 0 Å². The monoisotopic (exact) mass is 368 g/mol. The van der Waals surface area contributed by atoms with Gasteiger partial charge in [0, 0.05) is 32.1 Å². The summed E-state index contributed by atoms with van der Waals surface area (Å²) in [5.41, 5.74) is 2.28. The van der Waals surface area contributed by atoms with Crippen molar-refractivity contribution < 1.29 is 19.5 Å². The van der Waals surface area contributed by atoms with Gasteiger partial charge in [-0.05, 0) is 30.2 Å². The van der Waals surface area contributed by atoms with Crippen LogP contribution in [0.1, 0.15) is 37.3 Å². The molecule has 0 aliphatic carbocycles. The SMILES string of the molecule is CC(=O)N(CCC(=O)Nc1ccc(C(C)C(=O)O)cc1)Cc1ccccc1. The maximum Gasteiger partial charge on any atom is 0.310 e. The van der Waals surface area contributed by atoms with E-state index in [1.54, 1.807) is 36.1 Å². The van der Waals surface area contributed by atoms with E-state index in [9.17, 15) is 14.4 Å². The molecule has 0 aromatic heterocycles. The summed E-state index contributed by atoms with van der Waals surface area (Å²) in [6.45, 7) is 3.89. The zero-order chi connectivity index (χ0) is 19.8. The highest BCUT2D eigenvalue weighted by Gasteiger charge is 2.14. The van der Waals surface area contributed by atoms with Crippen molar-refractivity contribution in [2.45, 2.75) is 32.7 Å². The Kier molecular flexibility index (Phi) is 7.11. The van der Waals surface area contributed by atoms with Crippen LogP contribution >= 0.6 is 0 Å². The van der Waals surface area contributed by atoms with Gasteiger partial charge in [-0.1, -0.05) is 42.5 Å². The smallest absolute Gasteiger partial charge is 0.310 e. The molecule has 0 aliphatic heterocycles. The Hall–Kier alpha value is -3.15. The number of nitrogens with zero attached hydrogens (tertiary/aromatic N) is 1. The zero-order valence-electron chi connectivity index (χ0n) is 15.5. The molecule has 2 aromatic carbocycles. The van der Waals surface area contributed by atoms with E-state index in [0.29, 0.717) is 24.3 Å². The molecule has 27 heavy (non-hydrogen) atoms. The quantitative estimate of drug-likeness (QED) is 0.749. The van der Waals surface area contributed by atoms with Gasteiger partial charge in [0.15, 0.2) is 0 Å². The first-order chi connectivity index (χ1) is 12.9. The lowest BCUT2D eigenvalue weighted by Crippen LogP contribution is -2.31. The molecule has 0 spiro atoms. The second-order valence-corrected chi connectivity index (χ2v) is 6.41. The molecule has 0 aliphatic rings. The number of hydrogen-bond acceptors (Lipinski definition) is 3. The molecule has 2 rings (SSSR count). The lowest BCUT2D eigenvalue weighted by Gasteiger charge is -2.21. The zero-order valence-corrected chi connectivity index (χ0v) is 15.5. The van der Waals surface area contributed by atoms with Crippen molar-refractivity contribution >= 4 is 23.5 Å². The summed E-state index contributed by atoms with van der Waals surface area (Å²) in [7, 11) is 0. The second-order valence-electron chi connectivity index (χ2n) is 6.41. The Morgan fingerprint density at radius 3 is 2.22 bits per heavy atom. The molecule has 0 fully saturated rings. The largest absolute Gasteiger partial charge is 0.481 e. The molecule has 6 heteroatoms. The van der Waals surface area contributed by atoms with Crippen molar-refractivity contribution in [2.24, 2.45) is 0 Å². The van der Waals surface area contributed by atoms with Crippen molar-refractivity contribution in [3.63, 3.8) is 0 Å². The molecular formula is C21H24N2O4. The minimum Gasteiger partial charge on any atom is -0.481 e. The Bertz CT molecular complexity index is 788. The van der Waals surface area contributed by atoms with Crippen molar-refractivity contribution in [1.29, 1.82) is 0 Å². The third-order valence-electron chi connectivity index (χ3n) is 4.34. The Labute approximate surface area is 158 Å². The fourth-order valence-corrected chi connectivity index (χ4v) is 2.61. The van der Waals surface area contributed by atoms with Gasteiger partial charge in [0.05, 0.1) is 5.92 Å². The van der Waals surface area contributed by atoms with Crippen molar-refractivity contribution in [1.82, 2.24) is 4.90 Å². The van der Waals surface area contributed by atoms with E-state index < -0.39 is 11.9 Å². The van der Waals surface area contributed by atoms with Gasteiger partial charge in [0.1, 0.15) is 0 Å². The molecule has 142 valence electrons. The summed E-state index contributed by atoms with van der Waals surface area (Å²) in [5.74, 6) is -1.78. The number of carboxylic acids is 1. The number of amides is 2. The van der Waals surface area contributed by atoms with Crippen LogP contribution in [0.15, 0.2) is 54.6 Å². The standard InChI is InChI=1S/C21H24N2O4/c1-15(21(26)27)18-8-10-19(11-9-18)22-20(25)12-13-23(16(2)24)14-17-6-4-3-5-7-17/h3-11,15H,12-14H2,1-2H3,(H,22,25)(H,26,27). The minimum atomic E-state index is -0.894. The topological polar surface area (TPSA) is 86.7 Å². The van der Waals surface area contributed by atoms with Gasteiger partial charge in [-0.3, -0.25) is 14.4 Å². The number of carboxylic acid groups (broad SMARTS) is 1. The second kappa shape index (κ2) is 9.52. The van der Waals surface area contributed by atoms with Gasteiger partial charge in [0.25, 0.3) is 0 Å². The number of rotatable bonds is 8. The third kappa shape index (κ3) is 6.26. The van der Waals surface area contributed by atoms with Gasteiger partial charge in [-0.25, -0.2) is 0 Å². The predicted octanol–water partition coefficient (Wildman–Crippen LogP) is 3.25. The van der Waals surface area contributed by atoms with Crippen LogP contribution < -0.4 is 5.32 Å². The van der Waals surface area contributed by atoms with E-state index in [1.165, 1.54) is 6.92 Å². The fraction of sp³-hybridized carbons (Fsp3) is 0.286. The molecule has 2 N–H and O–H groups in total. The van der Waals surface area contributed by atoms with Crippen molar-refractivity contribution in [3.05, 3.63) is 65.7 Å². The normalized spacial score (nSPS) is 11.5.